The Kier molecular flexibility index (Phi) is 6.23. The molecule has 10 heteroatoms. The number of hydrogen-bond acceptors (Lipinski definition) is 5. The second kappa shape index (κ2) is 9.08. The molecule has 0 atom stereocenters. The van der Waals surface area contributed by atoms with Crippen molar-refractivity contribution in [2.24, 2.45) is 0 Å². The van der Waals surface area contributed by atoms with Gasteiger partial charge in [0.2, 0.25) is 0 Å². The number of carbonyl (C=O) groups excluding carboxylic acids is 3. The van der Waals surface area contributed by atoms with Gasteiger partial charge in [0.25, 0.3) is 17.7 Å². The number of amides is 3. The van der Waals surface area contributed by atoms with Crippen LogP contribution in [0, 0.1) is 0 Å². The van der Waals surface area contributed by atoms with E-state index in [0.29, 0.717) is 22.0 Å². The molecule has 2 N–H and O–H groups in total. The van der Waals surface area contributed by atoms with Gasteiger partial charge in [-0.15, -0.1) is 0 Å². The molecule has 2 heterocycles. The topological polar surface area (TPSA) is 91.7 Å². The number of halogens is 3. The molecule has 0 saturated carbocycles. The van der Waals surface area contributed by atoms with Crippen LogP contribution in [0.4, 0.5) is 11.4 Å². The average molecular weight is 491 g/mol. The fraction of sp³-hybridized carbons (Fsp3) is 0.0455. The maximum atomic E-state index is 12.9. The molecule has 1 aromatic heterocycles. The zero-order valence-electron chi connectivity index (χ0n) is 16.2. The van der Waals surface area contributed by atoms with E-state index < -0.39 is 11.8 Å². The zero-order chi connectivity index (χ0) is 22.8. The van der Waals surface area contributed by atoms with Crippen molar-refractivity contribution in [2.75, 3.05) is 10.2 Å². The normalized spacial score (nSPS) is 13.7. The molecule has 1 aliphatic heterocycles. The molecule has 4 rings (SSSR count). The van der Waals surface area contributed by atoms with Gasteiger partial charge in [0.15, 0.2) is 0 Å². The fourth-order valence-corrected chi connectivity index (χ4v) is 3.51. The Bertz CT molecular complexity index is 1240. The van der Waals surface area contributed by atoms with Crippen molar-refractivity contribution in [3.05, 3.63) is 93.0 Å². The standard InChI is InChI=1S/C22H14Cl3N3O4/c23-16-8-7-14(10-17(16)24)28-21(30)18(25)19(22(28)31)27-13-5-3-12(4-6-13)20(29)26-11-15-2-1-9-32-15/h1-10,27H,11H2,(H,26,29). The van der Waals surface area contributed by atoms with Crippen LogP contribution in [0.25, 0.3) is 0 Å². The minimum atomic E-state index is -0.688. The Morgan fingerprint density at radius 1 is 0.938 bits per heavy atom. The minimum Gasteiger partial charge on any atom is -0.467 e. The third-order valence-corrected chi connectivity index (χ3v) is 5.70. The van der Waals surface area contributed by atoms with Gasteiger partial charge in [-0.25, -0.2) is 4.90 Å². The van der Waals surface area contributed by atoms with Crippen LogP contribution in [0.5, 0.6) is 0 Å². The van der Waals surface area contributed by atoms with E-state index in [9.17, 15) is 14.4 Å². The number of nitrogens with zero attached hydrogens (tertiary/aromatic N) is 1. The van der Waals surface area contributed by atoms with Gasteiger partial charge in [0.05, 0.1) is 28.5 Å². The minimum absolute atomic E-state index is 0.0854. The van der Waals surface area contributed by atoms with Crippen molar-refractivity contribution in [3.63, 3.8) is 0 Å². The molecule has 162 valence electrons. The lowest BCUT2D eigenvalue weighted by Gasteiger charge is -2.15. The summed E-state index contributed by atoms with van der Waals surface area (Å²) in [7, 11) is 0. The maximum absolute atomic E-state index is 12.9. The third-order valence-electron chi connectivity index (χ3n) is 4.61. The largest absolute Gasteiger partial charge is 0.467 e. The summed E-state index contributed by atoms with van der Waals surface area (Å²) in [5.74, 6) is -0.984. The van der Waals surface area contributed by atoms with Gasteiger partial charge in [-0.3, -0.25) is 14.4 Å². The predicted molar refractivity (Wildman–Crippen MR) is 122 cm³/mol. The van der Waals surface area contributed by atoms with Crippen LogP contribution in [0.15, 0.2) is 76.0 Å². The first-order valence-corrected chi connectivity index (χ1v) is 10.4. The van der Waals surface area contributed by atoms with E-state index in [1.807, 2.05) is 0 Å². The SMILES string of the molecule is O=C(NCc1ccco1)c1ccc(NC2=C(Cl)C(=O)N(c3ccc(Cl)c(Cl)c3)C2=O)cc1. The van der Waals surface area contributed by atoms with Crippen molar-refractivity contribution in [1.29, 1.82) is 0 Å². The second-order valence-electron chi connectivity index (χ2n) is 6.70. The molecule has 2 aromatic carbocycles. The molecule has 32 heavy (non-hydrogen) atoms. The highest BCUT2D eigenvalue weighted by atomic mass is 35.5. The summed E-state index contributed by atoms with van der Waals surface area (Å²) < 4.78 is 5.18. The van der Waals surface area contributed by atoms with Gasteiger partial charge in [-0.05, 0) is 54.6 Å². The Morgan fingerprint density at radius 3 is 2.34 bits per heavy atom. The van der Waals surface area contributed by atoms with E-state index in [1.54, 1.807) is 36.4 Å². The third kappa shape index (κ3) is 4.36. The van der Waals surface area contributed by atoms with Crippen molar-refractivity contribution >= 4 is 63.9 Å². The Hall–Kier alpha value is -3.26. The molecule has 7 nitrogen and oxygen atoms in total. The van der Waals surface area contributed by atoms with Gasteiger partial charge in [-0.1, -0.05) is 34.8 Å². The van der Waals surface area contributed by atoms with E-state index >= 15 is 0 Å². The lowest BCUT2D eigenvalue weighted by atomic mass is 10.2. The van der Waals surface area contributed by atoms with Crippen molar-refractivity contribution < 1.29 is 18.8 Å². The van der Waals surface area contributed by atoms with E-state index in [2.05, 4.69) is 10.6 Å². The quantitative estimate of drug-likeness (QED) is 0.477. The summed E-state index contributed by atoms with van der Waals surface area (Å²) in [4.78, 5) is 38.6. The molecule has 0 saturated heterocycles. The van der Waals surface area contributed by atoms with Crippen LogP contribution in [0.1, 0.15) is 16.1 Å². The molecule has 1 aliphatic rings. The number of furan rings is 1. The smallest absolute Gasteiger partial charge is 0.283 e. The zero-order valence-corrected chi connectivity index (χ0v) is 18.5. The molecule has 3 aromatic rings. The van der Waals surface area contributed by atoms with E-state index in [0.717, 1.165) is 4.90 Å². The van der Waals surface area contributed by atoms with E-state index in [1.165, 1.54) is 24.5 Å². The number of benzene rings is 2. The summed E-state index contributed by atoms with van der Waals surface area (Å²) >= 11 is 18.0. The Balaban J connectivity index is 1.46. The van der Waals surface area contributed by atoms with Gasteiger partial charge in [-0.2, -0.15) is 0 Å². The highest BCUT2D eigenvalue weighted by Gasteiger charge is 2.39. The van der Waals surface area contributed by atoms with Crippen LogP contribution in [0.3, 0.4) is 0 Å². The van der Waals surface area contributed by atoms with Crippen LogP contribution in [-0.4, -0.2) is 17.7 Å². The molecule has 3 amide bonds. The van der Waals surface area contributed by atoms with Crippen LogP contribution >= 0.6 is 34.8 Å². The lowest BCUT2D eigenvalue weighted by Crippen LogP contribution is -2.32. The molecular weight excluding hydrogens is 477 g/mol. The van der Waals surface area contributed by atoms with Crippen LogP contribution < -0.4 is 15.5 Å². The molecule has 0 radical (unpaired) electrons. The lowest BCUT2D eigenvalue weighted by molar-refractivity contribution is -0.120. The van der Waals surface area contributed by atoms with Gasteiger partial charge in [0.1, 0.15) is 16.5 Å². The monoisotopic (exact) mass is 489 g/mol. The molecule has 0 aliphatic carbocycles. The summed E-state index contributed by atoms with van der Waals surface area (Å²) in [6.07, 6.45) is 1.53. The van der Waals surface area contributed by atoms with E-state index in [-0.39, 0.29) is 33.9 Å². The van der Waals surface area contributed by atoms with Gasteiger partial charge in [0, 0.05) is 11.3 Å². The molecule has 0 unspecified atom stereocenters. The number of nitrogens with one attached hydrogen (secondary N) is 2. The first-order chi connectivity index (χ1) is 15.3. The summed E-state index contributed by atoms with van der Waals surface area (Å²) in [6.45, 7) is 0.259. The number of imide groups is 1. The molecule has 0 spiro atoms. The Labute approximate surface area is 197 Å². The fourth-order valence-electron chi connectivity index (χ4n) is 3.00. The van der Waals surface area contributed by atoms with Gasteiger partial charge < -0.3 is 15.1 Å². The van der Waals surface area contributed by atoms with Crippen molar-refractivity contribution in [2.45, 2.75) is 6.54 Å². The summed E-state index contributed by atoms with van der Waals surface area (Å²) in [5.41, 5.74) is 1.04. The first kappa shape index (κ1) is 22.0. The van der Waals surface area contributed by atoms with Crippen molar-refractivity contribution in [3.8, 4) is 0 Å². The molecule has 0 bridgehead atoms. The highest BCUT2D eigenvalue weighted by molar-refractivity contribution is 6.53. The molecule has 0 fully saturated rings. The van der Waals surface area contributed by atoms with Crippen molar-refractivity contribution in [1.82, 2.24) is 5.32 Å². The number of anilines is 2. The van der Waals surface area contributed by atoms with Crippen LogP contribution in [0.2, 0.25) is 10.0 Å². The van der Waals surface area contributed by atoms with E-state index in [4.69, 9.17) is 39.2 Å². The Morgan fingerprint density at radius 2 is 1.69 bits per heavy atom. The van der Waals surface area contributed by atoms with Gasteiger partial charge >= 0.3 is 0 Å². The second-order valence-corrected chi connectivity index (χ2v) is 7.89. The summed E-state index contributed by atoms with van der Waals surface area (Å²) in [6, 6.07) is 14.2. The van der Waals surface area contributed by atoms with Crippen LogP contribution in [-0.2, 0) is 16.1 Å². The first-order valence-electron chi connectivity index (χ1n) is 9.26. The highest BCUT2D eigenvalue weighted by Crippen LogP contribution is 2.33. The summed E-state index contributed by atoms with van der Waals surface area (Å²) in [5, 5.41) is 5.81. The average Bonchev–Trinajstić information content (AvgIpc) is 3.38. The maximum Gasteiger partial charge on any atom is 0.283 e. The number of rotatable bonds is 6. The predicted octanol–water partition coefficient (Wildman–Crippen LogP) is 4.95. The number of carbonyl (C=O) groups is 3. The number of hydrogen-bond donors (Lipinski definition) is 2. The molecular formula is C22H14Cl3N3O4.